The number of aryl methyl sites for hydroxylation is 1. The maximum Gasteiger partial charge on any atom is 0.419 e. The highest BCUT2D eigenvalue weighted by Gasteiger charge is 2.14. The Morgan fingerprint density at radius 2 is 2.09 bits per heavy atom. The number of nitrogens with zero attached hydrogens (tertiary/aromatic N) is 2. The zero-order valence-corrected chi connectivity index (χ0v) is 14.9. The van der Waals surface area contributed by atoms with Gasteiger partial charge in [-0.2, -0.15) is 0 Å². The Labute approximate surface area is 145 Å². The van der Waals surface area contributed by atoms with Crippen LogP contribution < -0.4 is 5.76 Å². The van der Waals surface area contributed by atoms with Gasteiger partial charge in [0.05, 0.1) is 15.8 Å². The molecule has 23 heavy (non-hydrogen) atoms. The molecule has 0 fully saturated rings. The number of carbonyl (C=O) groups excluding carboxylic acids is 1. The number of para-hydroxylation sites is 2. The maximum absolute atomic E-state index is 12.3. The van der Waals surface area contributed by atoms with E-state index >= 15 is 0 Å². The Hall–Kier alpha value is -1.86. The van der Waals surface area contributed by atoms with Crippen molar-refractivity contribution in [3.63, 3.8) is 0 Å². The van der Waals surface area contributed by atoms with Crippen LogP contribution in [0.15, 0.2) is 49.4 Å². The van der Waals surface area contributed by atoms with Gasteiger partial charge in [-0.05, 0) is 40.2 Å². The summed E-state index contributed by atoms with van der Waals surface area (Å²) in [5, 5.41) is 0. The van der Waals surface area contributed by atoms with Crippen LogP contribution in [0.1, 0.15) is 11.3 Å². The van der Waals surface area contributed by atoms with E-state index in [0.29, 0.717) is 18.7 Å². The molecule has 0 aliphatic heterocycles. The van der Waals surface area contributed by atoms with E-state index in [-0.39, 0.29) is 12.3 Å². The average Bonchev–Trinajstić information content (AvgIpc) is 3.07. The van der Waals surface area contributed by atoms with Crippen molar-refractivity contribution in [2.75, 3.05) is 7.05 Å². The lowest BCUT2D eigenvalue weighted by molar-refractivity contribution is -0.130. The number of hydrogen-bond donors (Lipinski definition) is 0. The molecule has 0 aliphatic rings. The summed E-state index contributed by atoms with van der Waals surface area (Å²) in [6.07, 6.45) is 0.256. The molecule has 7 heteroatoms. The number of hydrogen-bond acceptors (Lipinski definition) is 4. The largest absolute Gasteiger partial charge is 0.419 e. The van der Waals surface area contributed by atoms with Crippen molar-refractivity contribution in [2.24, 2.45) is 0 Å². The predicted molar refractivity (Wildman–Crippen MR) is 93.6 cm³/mol. The van der Waals surface area contributed by atoms with Crippen molar-refractivity contribution in [3.05, 3.63) is 55.6 Å². The van der Waals surface area contributed by atoms with Crippen LogP contribution in [-0.2, 0) is 17.9 Å². The summed E-state index contributed by atoms with van der Waals surface area (Å²) in [7, 11) is 1.77. The summed E-state index contributed by atoms with van der Waals surface area (Å²) >= 11 is 5.02. The second-order valence-corrected chi connectivity index (χ2v) is 7.74. The second kappa shape index (κ2) is 6.72. The van der Waals surface area contributed by atoms with Crippen LogP contribution in [0.2, 0.25) is 0 Å². The van der Waals surface area contributed by atoms with Crippen molar-refractivity contribution < 1.29 is 9.21 Å². The molecule has 0 spiro atoms. The van der Waals surface area contributed by atoms with Crippen LogP contribution >= 0.6 is 27.3 Å². The van der Waals surface area contributed by atoms with Crippen molar-refractivity contribution in [2.45, 2.75) is 19.5 Å². The third-order valence-corrected chi connectivity index (χ3v) is 5.18. The molecule has 1 aromatic carbocycles. The monoisotopic (exact) mass is 394 g/mol. The smallest absolute Gasteiger partial charge is 0.408 e. The minimum absolute atomic E-state index is 0.00768. The molecule has 3 aromatic rings. The summed E-state index contributed by atoms with van der Waals surface area (Å²) in [5.74, 6) is -0.435. The number of fused-ring (bicyclic) bond motifs is 1. The van der Waals surface area contributed by atoms with Crippen molar-refractivity contribution >= 4 is 44.3 Å². The molecule has 3 rings (SSSR count). The highest BCUT2D eigenvalue weighted by atomic mass is 79.9. The molecule has 0 atom stereocenters. The van der Waals surface area contributed by atoms with E-state index in [4.69, 9.17) is 4.42 Å². The standard InChI is InChI=1S/C16H15BrN2O3S/c1-18(10-11-6-7-14(17)23-11)15(20)8-9-19-12-4-2-3-5-13(12)22-16(19)21/h2-7H,8-10H2,1H3. The first-order valence-corrected chi connectivity index (χ1v) is 8.72. The van der Waals surface area contributed by atoms with E-state index in [1.54, 1.807) is 29.4 Å². The van der Waals surface area contributed by atoms with Gasteiger partial charge in [0.1, 0.15) is 0 Å². The van der Waals surface area contributed by atoms with E-state index in [2.05, 4.69) is 15.9 Å². The van der Waals surface area contributed by atoms with Crippen LogP contribution in [0.3, 0.4) is 0 Å². The number of rotatable bonds is 5. The number of amides is 1. The van der Waals surface area contributed by atoms with Gasteiger partial charge < -0.3 is 9.32 Å². The first kappa shape index (κ1) is 16.0. The summed E-state index contributed by atoms with van der Waals surface area (Å²) in [6.45, 7) is 0.878. The topological polar surface area (TPSA) is 55.5 Å². The van der Waals surface area contributed by atoms with E-state index in [9.17, 15) is 9.59 Å². The minimum Gasteiger partial charge on any atom is -0.408 e. The normalized spacial score (nSPS) is 11.0. The van der Waals surface area contributed by atoms with Crippen LogP contribution in [0.5, 0.6) is 0 Å². The molecular formula is C16H15BrN2O3S. The van der Waals surface area contributed by atoms with Gasteiger partial charge in [-0.15, -0.1) is 11.3 Å². The quantitative estimate of drug-likeness (QED) is 0.665. The lowest BCUT2D eigenvalue weighted by Crippen LogP contribution is -2.28. The third-order valence-electron chi connectivity index (χ3n) is 3.57. The molecule has 5 nitrogen and oxygen atoms in total. The van der Waals surface area contributed by atoms with Gasteiger partial charge in [0.25, 0.3) is 0 Å². The van der Waals surface area contributed by atoms with Gasteiger partial charge in [0, 0.05) is 24.9 Å². The summed E-state index contributed by atoms with van der Waals surface area (Å²) < 4.78 is 7.72. The molecule has 0 bridgehead atoms. The van der Waals surface area contributed by atoms with E-state index < -0.39 is 5.76 Å². The highest BCUT2D eigenvalue weighted by molar-refractivity contribution is 9.11. The Morgan fingerprint density at radius 3 is 2.83 bits per heavy atom. The molecule has 120 valence electrons. The van der Waals surface area contributed by atoms with Crippen LogP contribution in [0, 0.1) is 0 Å². The lowest BCUT2D eigenvalue weighted by atomic mass is 10.3. The fraction of sp³-hybridized carbons (Fsp3) is 0.250. The van der Waals surface area contributed by atoms with Gasteiger partial charge in [-0.3, -0.25) is 9.36 Å². The lowest BCUT2D eigenvalue weighted by Gasteiger charge is -2.16. The SMILES string of the molecule is CN(Cc1ccc(Br)s1)C(=O)CCn1c(=O)oc2ccccc21. The zero-order chi connectivity index (χ0) is 16.4. The van der Waals surface area contributed by atoms with Gasteiger partial charge in [-0.1, -0.05) is 12.1 Å². The molecule has 0 aliphatic carbocycles. The van der Waals surface area contributed by atoms with Crippen LogP contribution in [0.25, 0.3) is 11.1 Å². The maximum atomic E-state index is 12.3. The molecule has 0 saturated heterocycles. The van der Waals surface area contributed by atoms with Gasteiger partial charge in [0.15, 0.2) is 5.58 Å². The summed E-state index contributed by atoms with van der Waals surface area (Å²) in [4.78, 5) is 26.9. The summed E-state index contributed by atoms with van der Waals surface area (Å²) in [6, 6.07) is 11.2. The number of halogens is 1. The highest BCUT2D eigenvalue weighted by Crippen LogP contribution is 2.23. The minimum atomic E-state index is -0.427. The third kappa shape index (κ3) is 3.56. The molecule has 0 unspecified atom stereocenters. The second-order valence-electron chi connectivity index (χ2n) is 5.19. The number of aromatic nitrogens is 1. The zero-order valence-electron chi connectivity index (χ0n) is 12.5. The Balaban J connectivity index is 1.66. The molecular weight excluding hydrogens is 380 g/mol. The number of thiophene rings is 1. The molecule has 2 aromatic heterocycles. The van der Waals surface area contributed by atoms with E-state index in [1.165, 1.54) is 4.57 Å². The summed E-state index contributed by atoms with van der Waals surface area (Å²) in [5.41, 5.74) is 1.26. The first-order chi connectivity index (χ1) is 11.0. The fourth-order valence-electron chi connectivity index (χ4n) is 2.38. The molecule has 0 radical (unpaired) electrons. The Bertz CT molecular complexity index is 896. The van der Waals surface area contributed by atoms with Crippen molar-refractivity contribution in [1.29, 1.82) is 0 Å². The first-order valence-electron chi connectivity index (χ1n) is 7.11. The number of benzene rings is 1. The fourth-order valence-corrected chi connectivity index (χ4v) is 3.92. The van der Waals surface area contributed by atoms with Gasteiger partial charge in [-0.25, -0.2) is 4.79 Å². The Morgan fingerprint density at radius 1 is 1.30 bits per heavy atom. The molecule has 0 N–H and O–H groups in total. The van der Waals surface area contributed by atoms with Crippen molar-refractivity contribution in [1.82, 2.24) is 9.47 Å². The van der Waals surface area contributed by atoms with E-state index in [1.807, 2.05) is 30.3 Å². The van der Waals surface area contributed by atoms with Crippen molar-refractivity contribution in [3.8, 4) is 0 Å². The number of oxazole rings is 1. The predicted octanol–water partition coefficient (Wildman–Crippen LogP) is 3.47. The van der Waals surface area contributed by atoms with Crippen LogP contribution in [-0.4, -0.2) is 22.4 Å². The Kier molecular flexibility index (Phi) is 4.68. The molecule has 0 saturated carbocycles. The molecule has 2 heterocycles. The molecule has 1 amide bonds. The van der Waals surface area contributed by atoms with E-state index in [0.717, 1.165) is 14.2 Å². The van der Waals surface area contributed by atoms with Gasteiger partial charge >= 0.3 is 5.76 Å². The average molecular weight is 395 g/mol. The van der Waals surface area contributed by atoms with Crippen LogP contribution in [0.4, 0.5) is 0 Å². The van der Waals surface area contributed by atoms with Gasteiger partial charge in [0.2, 0.25) is 5.91 Å². The number of carbonyl (C=O) groups is 1.